The molecule has 2 aromatic rings. The molecule has 6 heteroatoms. The zero-order valence-electron chi connectivity index (χ0n) is 12.3. The van der Waals surface area contributed by atoms with Crippen molar-refractivity contribution in [3.63, 3.8) is 0 Å². The van der Waals surface area contributed by atoms with Gasteiger partial charge in [0.25, 0.3) is 5.91 Å². The Morgan fingerprint density at radius 1 is 1.23 bits per heavy atom. The lowest BCUT2D eigenvalue weighted by atomic mass is 10.0. The second-order valence-corrected chi connectivity index (χ2v) is 5.03. The van der Waals surface area contributed by atoms with Crippen molar-refractivity contribution < 1.29 is 4.79 Å². The van der Waals surface area contributed by atoms with E-state index in [0.717, 1.165) is 30.8 Å². The number of nitrogens with zero attached hydrogens (tertiary/aromatic N) is 1. The Hall–Kier alpha value is -1.62. The second kappa shape index (κ2) is 8.13. The number of nitrogens with one attached hydrogen (secondary N) is 2. The molecule has 1 aliphatic rings. The van der Waals surface area contributed by atoms with Gasteiger partial charge >= 0.3 is 0 Å². The molecule has 1 aromatic carbocycles. The molecular weight excluding hydrogens is 321 g/mol. The minimum absolute atomic E-state index is 0. The van der Waals surface area contributed by atoms with Crippen LogP contribution in [0.2, 0.25) is 0 Å². The maximum Gasteiger partial charge on any atom is 0.274 e. The predicted molar refractivity (Wildman–Crippen MR) is 93.3 cm³/mol. The fraction of sp³-hybridized carbons (Fsp3) is 0.250. The van der Waals surface area contributed by atoms with Crippen LogP contribution in [0, 0.1) is 6.92 Å². The van der Waals surface area contributed by atoms with Crippen LogP contribution >= 0.6 is 24.8 Å². The molecule has 0 radical (unpaired) electrons. The van der Waals surface area contributed by atoms with Gasteiger partial charge in [-0.05, 0) is 54.8 Å². The lowest BCUT2D eigenvalue weighted by molar-refractivity contribution is 0.102. The normalized spacial score (nSPS) is 12.4. The van der Waals surface area contributed by atoms with Crippen molar-refractivity contribution in [1.29, 1.82) is 0 Å². The third-order valence-corrected chi connectivity index (χ3v) is 3.58. The first-order chi connectivity index (χ1) is 9.74. The Labute approximate surface area is 142 Å². The third-order valence-electron chi connectivity index (χ3n) is 3.58. The largest absolute Gasteiger partial charge is 0.321 e. The number of hydrogen-bond acceptors (Lipinski definition) is 3. The molecule has 2 N–H and O–H groups in total. The zero-order chi connectivity index (χ0) is 13.9. The summed E-state index contributed by atoms with van der Waals surface area (Å²) >= 11 is 0. The van der Waals surface area contributed by atoms with E-state index in [1.165, 1.54) is 11.1 Å². The lowest BCUT2D eigenvalue weighted by Gasteiger charge is -2.18. The summed E-state index contributed by atoms with van der Waals surface area (Å²) in [5.74, 6) is -0.160. The number of fused-ring (bicyclic) bond motifs is 1. The molecule has 0 unspecified atom stereocenters. The summed E-state index contributed by atoms with van der Waals surface area (Å²) in [6, 6.07) is 9.81. The zero-order valence-corrected chi connectivity index (χ0v) is 13.9. The monoisotopic (exact) mass is 339 g/mol. The fourth-order valence-corrected chi connectivity index (χ4v) is 2.47. The van der Waals surface area contributed by atoms with Crippen molar-refractivity contribution in [2.75, 3.05) is 11.9 Å². The highest BCUT2D eigenvalue weighted by Crippen LogP contribution is 2.19. The van der Waals surface area contributed by atoms with Crippen LogP contribution in [0.3, 0.4) is 0 Å². The molecule has 2 heterocycles. The van der Waals surface area contributed by atoms with Gasteiger partial charge in [-0.15, -0.1) is 24.8 Å². The summed E-state index contributed by atoms with van der Waals surface area (Å²) in [4.78, 5) is 16.4. The molecule has 4 nitrogen and oxygen atoms in total. The van der Waals surface area contributed by atoms with Gasteiger partial charge < -0.3 is 10.6 Å². The maximum absolute atomic E-state index is 12.2. The van der Waals surface area contributed by atoms with E-state index in [9.17, 15) is 4.79 Å². The molecule has 118 valence electrons. The molecule has 22 heavy (non-hydrogen) atoms. The lowest BCUT2D eigenvalue weighted by Crippen LogP contribution is -2.24. The van der Waals surface area contributed by atoms with Crippen molar-refractivity contribution in [2.24, 2.45) is 0 Å². The number of halogens is 2. The van der Waals surface area contributed by atoms with Crippen LogP contribution in [0.4, 0.5) is 5.69 Å². The van der Waals surface area contributed by atoms with Crippen LogP contribution in [0.15, 0.2) is 36.5 Å². The SMILES string of the molecule is Cc1cccnc1C(=O)Nc1ccc2c(c1)CNCC2.Cl.Cl. The molecule has 0 fully saturated rings. The van der Waals surface area contributed by atoms with E-state index in [2.05, 4.69) is 21.7 Å². The van der Waals surface area contributed by atoms with E-state index in [4.69, 9.17) is 0 Å². The summed E-state index contributed by atoms with van der Waals surface area (Å²) < 4.78 is 0. The van der Waals surface area contributed by atoms with Gasteiger partial charge in [-0.25, -0.2) is 0 Å². The van der Waals surface area contributed by atoms with Crippen molar-refractivity contribution in [3.05, 3.63) is 58.9 Å². The number of pyridine rings is 1. The molecule has 0 spiro atoms. The average molecular weight is 340 g/mol. The van der Waals surface area contributed by atoms with Crippen molar-refractivity contribution in [2.45, 2.75) is 19.9 Å². The second-order valence-electron chi connectivity index (χ2n) is 5.03. The predicted octanol–water partition coefficient (Wildman–Crippen LogP) is 3.13. The molecule has 0 saturated heterocycles. The average Bonchev–Trinajstić information content (AvgIpc) is 2.47. The van der Waals surface area contributed by atoms with Crippen molar-refractivity contribution in [1.82, 2.24) is 10.3 Å². The van der Waals surface area contributed by atoms with Crippen LogP contribution in [-0.2, 0) is 13.0 Å². The van der Waals surface area contributed by atoms with E-state index in [-0.39, 0.29) is 30.7 Å². The molecule has 0 bridgehead atoms. The standard InChI is InChI=1S/C16H17N3O.2ClH/c1-11-3-2-7-18-15(11)16(20)19-14-5-4-12-6-8-17-10-13(12)9-14;;/h2-5,7,9,17H,6,8,10H2,1H3,(H,19,20);2*1H. The first-order valence-corrected chi connectivity index (χ1v) is 6.79. The first-order valence-electron chi connectivity index (χ1n) is 6.79. The van der Waals surface area contributed by atoms with Gasteiger partial charge in [-0.2, -0.15) is 0 Å². The molecule has 0 aliphatic carbocycles. The number of amides is 1. The minimum Gasteiger partial charge on any atom is -0.321 e. The minimum atomic E-state index is -0.160. The summed E-state index contributed by atoms with van der Waals surface area (Å²) in [6.45, 7) is 3.77. The van der Waals surface area contributed by atoms with E-state index >= 15 is 0 Å². The molecule has 3 rings (SSSR count). The van der Waals surface area contributed by atoms with Crippen LogP contribution in [0.1, 0.15) is 27.2 Å². The van der Waals surface area contributed by atoms with Crippen LogP contribution < -0.4 is 10.6 Å². The van der Waals surface area contributed by atoms with E-state index < -0.39 is 0 Å². The van der Waals surface area contributed by atoms with E-state index in [0.29, 0.717) is 5.69 Å². The summed E-state index contributed by atoms with van der Waals surface area (Å²) in [5.41, 5.74) is 4.79. The number of benzene rings is 1. The van der Waals surface area contributed by atoms with Crippen molar-refractivity contribution >= 4 is 36.4 Å². The number of carbonyl (C=O) groups excluding carboxylic acids is 1. The van der Waals surface area contributed by atoms with Crippen molar-refractivity contribution in [3.8, 4) is 0 Å². The Bertz CT molecular complexity index is 662. The number of anilines is 1. The summed E-state index contributed by atoms with van der Waals surface area (Å²) in [7, 11) is 0. The van der Waals surface area contributed by atoms with Gasteiger partial charge in [0, 0.05) is 18.4 Å². The molecule has 1 aromatic heterocycles. The number of hydrogen-bond donors (Lipinski definition) is 2. The van der Waals surface area contributed by atoms with Crippen LogP contribution in [0.5, 0.6) is 0 Å². The number of rotatable bonds is 2. The van der Waals surface area contributed by atoms with Gasteiger partial charge in [0.2, 0.25) is 0 Å². The Kier molecular flexibility index (Phi) is 6.81. The van der Waals surface area contributed by atoms with Gasteiger partial charge in [0.1, 0.15) is 5.69 Å². The molecule has 1 amide bonds. The smallest absolute Gasteiger partial charge is 0.274 e. The fourth-order valence-electron chi connectivity index (χ4n) is 2.47. The highest BCUT2D eigenvalue weighted by molar-refractivity contribution is 6.03. The quantitative estimate of drug-likeness (QED) is 0.883. The van der Waals surface area contributed by atoms with Gasteiger partial charge in [-0.3, -0.25) is 9.78 Å². The molecule has 0 saturated carbocycles. The Morgan fingerprint density at radius 2 is 2.05 bits per heavy atom. The number of carbonyl (C=O) groups is 1. The van der Waals surface area contributed by atoms with E-state index in [1.54, 1.807) is 6.20 Å². The molecular formula is C16H19Cl2N3O. The summed E-state index contributed by atoms with van der Waals surface area (Å²) in [6.07, 6.45) is 2.68. The number of aryl methyl sites for hydroxylation is 1. The molecule has 0 atom stereocenters. The highest BCUT2D eigenvalue weighted by atomic mass is 35.5. The Balaban J connectivity index is 0.00000121. The third kappa shape index (κ3) is 3.97. The van der Waals surface area contributed by atoms with Gasteiger partial charge in [0.15, 0.2) is 0 Å². The van der Waals surface area contributed by atoms with Gasteiger partial charge in [0.05, 0.1) is 0 Å². The summed E-state index contributed by atoms with van der Waals surface area (Å²) in [5, 5.41) is 6.26. The topological polar surface area (TPSA) is 54.0 Å². The first kappa shape index (κ1) is 18.4. The Morgan fingerprint density at radius 3 is 2.82 bits per heavy atom. The molecule has 1 aliphatic heterocycles. The maximum atomic E-state index is 12.2. The highest BCUT2D eigenvalue weighted by Gasteiger charge is 2.13. The number of aromatic nitrogens is 1. The van der Waals surface area contributed by atoms with Gasteiger partial charge in [-0.1, -0.05) is 12.1 Å². The van der Waals surface area contributed by atoms with E-state index in [1.807, 2.05) is 31.2 Å². The van der Waals surface area contributed by atoms with Crippen LogP contribution in [0.25, 0.3) is 0 Å². The van der Waals surface area contributed by atoms with Crippen LogP contribution in [-0.4, -0.2) is 17.4 Å².